The first-order valence-electron chi connectivity index (χ1n) is 9.10. The van der Waals surface area contributed by atoms with Crippen molar-refractivity contribution < 1.29 is 14.6 Å². The summed E-state index contributed by atoms with van der Waals surface area (Å²) in [4.78, 5) is 16.0. The van der Waals surface area contributed by atoms with Gasteiger partial charge in [0.25, 0.3) is 5.91 Å². The van der Waals surface area contributed by atoms with Crippen LogP contribution >= 0.6 is 0 Å². The summed E-state index contributed by atoms with van der Waals surface area (Å²) in [5, 5.41) is 10.3. The number of nitrogens with one attached hydrogen (secondary N) is 1. The molecular formula is C20H26N4O3. The van der Waals surface area contributed by atoms with Crippen molar-refractivity contribution in [1.29, 1.82) is 0 Å². The molecule has 1 unspecified atom stereocenters. The van der Waals surface area contributed by atoms with Gasteiger partial charge >= 0.3 is 0 Å². The monoisotopic (exact) mass is 370 g/mol. The van der Waals surface area contributed by atoms with Crippen LogP contribution < -0.4 is 20.9 Å². The zero-order valence-corrected chi connectivity index (χ0v) is 15.3. The molecule has 1 aliphatic rings. The fourth-order valence-corrected chi connectivity index (χ4v) is 3.16. The van der Waals surface area contributed by atoms with Gasteiger partial charge in [0.2, 0.25) is 0 Å². The second kappa shape index (κ2) is 9.36. The highest BCUT2D eigenvalue weighted by atomic mass is 16.5. The van der Waals surface area contributed by atoms with E-state index in [0.29, 0.717) is 17.9 Å². The van der Waals surface area contributed by atoms with Crippen molar-refractivity contribution in [1.82, 2.24) is 10.3 Å². The molecule has 7 nitrogen and oxygen atoms in total. The van der Waals surface area contributed by atoms with Gasteiger partial charge in [-0.3, -0.25) is 15.1 Å². The summed E-state index contributed by atoms with van der Waals surface area (Å²) < 4.78 is 5.62. The third kappa shape index (κ3) is 5.43. The number of piperazine rings is 1. The number of nitrogens with zero attached hydrogens (tertiary/aromatic N) is 2. The van der Waals surface area contributed by atoms with Gasteiger partial charge in [-0.1, -0.05) is 18.2 Å². The molecule has 1 atom stereocenters. The first kappa shape index (κ1) is 19.2. The topological polar surface area (TPSA) is 91.1 Å². The molecule has 0 saturated carbocycles. The number of amides is 1. The molecule has 1 aliphatic heterocycles. The minimum absolute atomic E-state index is 0.210. The lowest BCUT2D eigenvalue weighted by Gasteiger charge is -2.36. The van der Waals surface area contributed by atoms with Crippen LogP contribution in [-0.4, -0.2) is 61.3 Å². The number of anilines is 1. The molecule has 0 radical (unpaired) electrons. The fourth-order valence-electron chi connectivity index (χ4n) is 3.16. The van der Waals surface area contributed by atoms with E-state index in [1.54, 1.807) is 24.3 Å². The van der Waals surface area contributed by atoms with E-state index in [1.165, 1.54) is 5.69 Å². The summed E-state index contributed by atoms with van der Waals surface area (Å²) in [6.07, 6.45) is -0.569. The Hall–Kier alpha value is -2.61. The van der Waals surface area contributed by atoms with E-state index in [9.17, 15) is 9.90 Å². The van der Waals surface area contributed by atoms with Gasteiger partial charge in [0.05, 0.1) is 0 Å². The Morgan fingerprint density at radius 3 is 2.37 bits per heavy atom. The van der Waals surface area contributed by atoms with E-state index < -0.39 is 6.10 Å². The van der Waals surface area contributed by atoms with Crippen molar-refractivity contribution in [3.63, 3.8) is 0 Å². The number of aliphatic hydroxyl groups is 1. The number of hydrogen-bond acceptors (Lipinski definition) is 6. The van der Waals surface area contributed by atoms with Gasteiger partial charge in [-0.05, 0) is 36.4 Å². The normalized spacial score (nSPS) is 16.0. The predicted octanol–water partition coefficient (Wildman–Crippen LogP) is 0.852. The van der Waals surface area contributed by atoms with Gasteiger partial charge in [-0.2, -0.15) is 0 Å². The third-order valence-corrected chi connectivity index (χ3v) is 4.65. The molecule has 1 fully saturated rings. The Kier molecular flexibility index (Phi) is 6.64. The number of benzene rings is 2. The molecule has 7 heteroatoms. The molecule has 27 heavy (non-hydrogen) atoms. The van der Waals surface area contributed by atoms with Crippen LogP contribution in [0.2, 0.25) is 0 Å². The van der Waals surface area contributed by atoms with Crippen LogP contribution in [0.25, 0.3) is 0 Å². The number of hydrogen-bond donors (Lipinski definition) is 3. The van der Waals surface area contributed by atoms with Crippen LogP contribution in [0.4, 0.5) is 5.69 Å². The van der Waals surface area contributed by atoms with Gasteiger partial charge in [0.15, 0.2) is 0 Å². The minimum atomic E-state index is -0.569. The quantitative estimate of drug-likeness (QED) is 0.380. The Labute approximate surface area is 159 Å². The van der Waals surface area contributed by atoms with Crippen LogP contribution in [0, 0.1) is 0 Å². The molecule has 2 aromatic carbocycles. The molecule has 1 saturated heterocycles. The second-order valence-corrected chi connectivity index (χ2v) is 6.59. The average Bonchev–Trinajstić information content (AvgIpc) is 2.73. The van der Waals surface area contributed by atoms with Crippen molar-refractivity contribution >= 4 is 11.6 Å². The third-order valence-electron chi connectivity index (χ3n) is 4.65. The van der Waals surface area contributed by atoms with Crippen molar-refractivity contribution in [2.45, 2.75) is 6.10 Å². The molecular weight excluding hydrogens is 344 g/mol. The molecule has 3 rings (SSSR count). The van der Waals surface area contributed by atoms with E-state index in [2.05, 4.69) is 39.5 Å². The zero-order valence-electron chi connectivity index (χ0n) is 15.3. The molecule has 0 aromatic heterocycles. The number of carbonyl (C=O) groups excluding carboxylic acids is 1. The summed E-state index contributed by atoms with van der Waals surface area (Å²) in [6, 6.07) is 17.0. The number of aliphatic hydroxyl groups excluding tert-OH is 1. The van der Waals surface area contributed by atoms with E-state index >= 15 is 0 Å². The SMILES string of the molecule is NNC(=O)c1ccc(OCC(O)CN2CCN(c3ccccc3)CC2)cc1. The van der Waals surface area contributed by atoms with Crippen LogP contribution in [-0.2, 0) is 0 Å². The first-order chi connectivity index (χ1) is 13.2. The summed E-state index contributed by atoms with van der Waals surface area (Å²) in [6.45, 7) is 4.51. The van der Waals surface area contributed by atoms with Gasteiger partial charge < -0.3 is 14.7 Å². The van der Waals surface area contributed by atoms with Gasteiger partial charge in [-0.25, -0.2) is 5.84 Å². The smallest absolute Gasteiger partial charge is 0.265 e. The van der Waals surface area contributed by atoms with E-state index in [0.717, 1.165) is 26.2 Å². The first-order valence-corrected chi connectivity index (χ1v) is 9.10. The number of β-amino-alcohol motifs (C(OH)–C–C–N with tert-alkyl or cyclic N) is 1. The maximum absolute atomic E-state index is 11.4. The molecule has 2 aromatic rings. The molecule has 1 heterocycles. The number of ether oxygens (including phenoxy) is 1. The number of nitrogen functional groups attached to an aromatic ring is 1. The molecule has 4 N–H and O–H groups in total. The van der Waals surface area contributed by atoms with Crippen LogP contribution in [0.5, 0.6) is 5.75 Å². The van der Waals surface area contributed by atoms with Gasteiger partial charge in [-0.15, -0.1) is 0 Å². The van der Waals surface area contributed by atoms with Gasteiger partial charge in [0.1, 0.15) is 18.5 Å². The maximum atomic E-state index is 11.4. The van der Waals surface area contributed by atoms with Crippen LogP contribution in [0.1, 0.15) is 10.4 Å². The summed E-state index contributed by atoms with van der Waals surface area (Å²) in [5.74, 6) is 5.36. The van der Waals surface area contributed by atoms with Crippen LogP contribution in [0.3, 0.4) is 0 Å². The van der Waals surface area contributed by atoms with Crippen molar-refractivity contribution in [2.75, 3.05) is 44.2 Å². The lowest BCUT2D eigenvalue weighted by molar-refractivity contribution is 0.0663. The van der Waals surface area contributed by atoms with E-state index in [1.807, 2.05) is 6.07 Å². The summed E-state index contributed by atoms with van der Waals surface area (Å²) in [7, 11) is 0. The average molecular weight is 370 g/mol. The largest absolute Gasteiger partial charge is 0.491 e. The summed E-state index contributed by atoms with van der Waals surface area (Å²) in [5.41, 5.74) is 3.78. The zero-order chi connectivity index (χ0) is 19.1. The molecule has 144 valence electrons. The van der Waals surface area contributed by atoms with Crippen molar-refractivity contribution in [3.8, 4) is 5.75 Å². The number of rotatable bonds is 7. The van der Waals surface area contributed by atoms with Crippen LogP contribution in [0.15, 0.2) is 54.6 Å². The molecule has 1 amide bonds. The molecule has 0 bridgehead atoms. The number of carbonyl (C=O) groups is 1. The predicted molar refractivity (Wildman–Crippen MR) is 105 cm³/mol. The number of para-hydroxylation sites is 1. The number of nitrogens with two attached hydrogens (primary N) is 1. The van der Waals surface area contributed by atoms with Crippen molar-refractivity contribution in [3.05, 3.63) is 60.2 Å². The highest BCUT2D eigenvalue weighted by Crippen LogP contribution is 2.16. The highest BCUT2D eigenvalue weighted by Gasteiger charge is 2.19. The van der Waals surface area contributed by atoms with Crippen molar-refractivity contribution in [2.24, 2.45) is 5.84 Å². The Balaban J connectivity index is 1.40. The lowest BCUT2D eigenvalue weighted by atomic mass is 10.2. The molecule has 0 aliphatic carbocycles. The maximum Gasteiger partial charge on any atom is 0.265 e. The molecule has 0 spiro atoms. The Morgan fingerprint density at radius 2 is 1.74 bits per heavy atom. The van der Waals surface area contributed by atoms with E-state index in [4.69, 9.17) is 10.6 Å². The Bertz CT molecular complexity index is 716. The number of hydrazine groups is 1. The van der Waals surface area contributed by atoms with Gasteiger partial charge in [0, 0.05) is 44.0 Å². The minimum Gasteiger partial charge on any atom is -0.491 e. The van der Waals surface area contributed by atoms with E-state index in [-0.39, 0.29) is 12.5 Å². The summed E-state index contributed by atoms with van der Waals surface area (Å²) >= 11 is 0. The highest BCUT2D eigenvalue weighted by molar-refractivity contribution is 5.93. The Morgan fingerprint density at radius 1 is 1.07 bits per heavy atom. The second-order valence-electron chi connectivity index (χ2n) is 6.59. The lowest BCUT2D eigenvalue weighted by Crippen LogP contribution is -2.49. The standard InChI is InChI=1S/C20H26N4O3/c21-22-20(26)16-6-8-19(9-7-16)27-15-18(25)14-23-10-12-24(13-11-23)17-4-2-1-3-5-17/h1-9,18,25H,10-15,21H2,(H,22,26). The fraction of sp³-hybridized carbons (Fsp3) is 0.350.